The highest BCUT2D eigenvalue weighted by Gasteiger charge is 2.29. The Hall–Kier alpha value is -2.06. The smallest absolute Gasteiger partial charge is 0.216 e. The highest BCUT2D eigenvalue weighted by atomic mass is 32.1. The van der Waals surface area contributed by atoms with E-state index in [1.54, 1.807) is 11.6 Å². The molecule has 110 valence electrons. The second kappa shape index (κ2) is 5.38. The van der Waals surface area contributed by atoms with Crippen LogP contribution in [0.4, 0.5) is 0 Å². The molecule has 0 radical (unpaired) electrons. The van der Waals surface area contributed by atoms with Gasteiger partial charge in [0.05, 0.1) is 18.5 Å². The highest BCUT2D eigenvalue weighted by Crippen LogP contribution is 2.38. The summed E-state index contributed by atoms with van der Waals surface area (Å²) in [6, 6.07) is 0. The predicted molar refractivity (Wildman–Crippen MR) is 78.9 cm³/mol. The first-order chi connectivity index (χ1) is 10.1. The van der Waals surface area contributed by atoms with E-state index in [4.69, 9.17) is 12.2 Å². The zero-order valence-corrected chi connectivity index (χ0v) is 12.3. The molecule has 0 saturated heterocycles. The van der Waals surface area contributed by atoms with Crippen LogP contribution in [0.5, 0.6) is 5.75 Å². The molecule has 0 spiro atoms. The first kappa shape index (κ1) is 13.9. The van der Waals surface area contributed by atoms with Gasteiger partial charge < -0.3 is 10.2 Å². The number of aromatic hydroxyl groups is 1. The van der Waals surface area contributed by atoms with E-state index in [2.05, 4.69) is 20.3 Å². The number of rotatable bonds is 4. The largest absolute Gasteiger partial charge is 0.505 e. The molecule has 0 atom stereocenters. The molecule has 0 amide bonds. The van der Waals surface area contributed by atoms with Crippen LogP contribution in [0, 0.1) is 11.7 Å². The van der Waals surface area contributed by atoms with Gasteiger partial charge >= 0.3 is 0 Å². The summed E-state index contributed by atoms with van der Waals surface area (Å²) in [6.07, 6.45) is 5.16. The van der Waals surface area contributed by atoms with Crippen LogP contribution in [-0.2, 0) is 6.61 Å². The van der Waals surface area contributed by atoms with E-state index in [1.165, 1.54) is 12.4 Å². The fourth-order valence-electron chi connectivity index (χ4n) is 2.06. The Labute approximate surface area is 126 Å². The summed E-state index contributed by atoms with van der Waals surface area (Å²) in [4.78, 5) is 4.01. The van der Waals surface area contributed by atoms with Gasteiger partial charge in [0.25, 0.3) is 0 Å². The molecule has 3 N–H and O–H groups in total. The first-order valence-corrected chi connectivity index (χ1v) is 7.02. The number of nitrogens with one attached hydrogen (secondary N) is 1. The van der Waals surface area contributed by atoms with E-state index >= 15 is 0 Å². The first-order valence-electron chi connectivity index (χ1n) is 6.61. The third-order valence-electron chi connectivity index (χ3n) is 3.45. The molecule has 0 unspecified atom stereocenters. The van der Waals surface area contributed by atoms with Gasteiger partial charge in [-0.2, -0.15) is 14.9 Å². The van der Waals surface area contributed by atoms with Crippen LogP contribution in [0.1, 0.15) is 41.4 Å². The number of aromatic nitrogens is 4. The predicted octanol–water partition coefficient (Wildman–Crippen LogP) is 1.60. The SMILES string of the molecule is Cc1ncc(CO)c(/C=N/n2c(C3CC3)n[nH]c2=S)c1O. The Balaban J connectivity index is 2.02. The van der Waals surface area contributed by atoms with Crippen molar-refractivity contribution >= 4 is 18.4 Å². The molecule has 7 nitrogen and oxygen atoms in total. The van der Waals surface area contributed by atoms with Gasteiger partial charge in [-0.05, 0) is 32.0 Å². The molecular formula is C13H15N5O2S. The number of hydrogen-bond acceptors (Lipinski definition) is 6. The maximum atomic E-state index is 10.1. The van der Waals surface area contributed by atoms with Gasteiger partial charge in [0.15, 0.2) is 5.82 Å². The lowest BCUT2D eigenvalue weighted by Gasteiger charge is -2.07. The molecule has 2 heterocycles. The van der Waals surface area contributed by atoms with E-state index < -0.39 is 0 Å². The normalized spacial score (nSPS) is 15.0. The number of H-pyrrole nitrogens is 1. The zero-order chi connectivity index (χ0) is 15.0. The molecule has 1 aliphatic rings. The van der Waals surface area contributed by atoms with Crippen molar-refractivity contribution in [2.45, 2.75) is 32.3 Å². The molecule has 0 bridgehead atoms. The minimum atomic E-state index is -0.228. The maximum absolute atomic E-state index is 10.1. The second-order valence-electron chi connectivity index (χ2n) is 5.01. The van der Waals surface area contributed by atoms with E-state index in [0.717, 1.165) is 18.7 Å². The molecule has 8 heteroatoms. The van der Waals surface area contributed by atoms with Crippen LogP contribution in [0.25, 0.3) is 0 Å². The van der Waals surface area contributed by atoms with Crippen molar-refractivity contribution in [2.24, 2.45) is 5.10 Å². The maximum Gasteiger partial charge on any atom is 0.216 e. The summed E-state index contributed by atoms with van der Waals surface area (Å²) in [5.74, 6) is 1.19. The fraction of sp³-hybridized carbons (Fsp3) is 0.385. The van der Waals surface area contributed by atoms with Crippen LogP contribution < -0.4 is 0 Å². The quantitative estimate of drug-likeness (QED) is 0.588. The van der Waals surface area contributed by atoms with Crippen molar-refractivity contribution in [3.05, 3.63) is 33.6 Å². The minimum Gasteiger partial charge on any atom is -0.505 e. The van der Waals surface area contributed by atoms with Crippen LogP contribution in [0.15, 0.2) is 11.3 Å². The Morgan fingerprint density at radius 3 is 3.00 bits per heavy atom. The van der Waals surface area contributed by atoms with Crippen molar-refractivity contribution in [3.8, 4) is 5.75 Å². The molecule has 1 saturated carbocycles. The number of aromatic amines is 1. The molecule has 1 fully saturated rings. The van der Waals surface area contributed by atoms with Gasteiger partial charge in [-0.25, -0.2) is 0 Å². The zero-order valence-electron chi connectivity index (χ0n) is 11.4. The van der Waals surface area contributed by atoms with Crippen LogP contribution in [0.3, 0.4) is 0 Å². The third-order valence-corrected chi connectivity index (χ3v) is 3.71. The van der Waals surface area contributed by atoms with Crippen molar-refractivity contribution < 1.29 is 10.2 Å². The summed E-state index contributed by atoms with van der Waals surface area (Å²) in [5, 5.41) is 30.6. The number of aryl methyl sites for hydroxylation is 1. The van der Waals surface area contributed by atoms with Gasteiger partial charge in [0.2, 0.25) is 4.77 Å². The topological polar surface area (TPSA) is 99.3 Å². The van der Waals surface area contributed by atoms with E-state index in [1.807, 2.05) is 0 Å². The van der Waals surface area contributed by atoms with Crippen molar-refractivity contribution in [3.63, 3.8) is 0 Å². The molecular weight excluding hydrogens is 290 g/mol. The Morgan fingerprint density at radius 1 is 1.57 bits per heavy atom. The third kappa shape index (κ3) is 2.59. The number of nitrogens with zero attached hydrogens (tertiary/aromatic N) is 4. The van der Waals surface area contributed by atoms with Gasteiger partial charge in [0.1, 0.15) is 5.75 Å². The van der Waals surface area contributed by atoms with E-state index in [9.17, 15) is 10.2 Å². The standard InChI is InChI=1S/C13H15N5O2S/c1-7-11(20)10(9(6-19)4-14-7)5-15-18-12(8-2-3-8)16-17-13(18)21/h4-5,8,19-20H,2-3,6H2,1H3,(H,17,21)/b15-5+. The van der Waals surface area contributed by atoms with Gasteiger partial charge in [-0.3, -0.25) is 10.1 Å². The van der Waals surface area contributed by atoms with Crippen LogP contribution in [-0.4, -0.2) is 36.3 Å². The second-order valence-corrected chi connectivity index (χ2v) is 5.39. The van der Waals surface area contributed by atoms with Gasteiger partial charge in [-0.1, -0.05) is 0 Å². The molecule has 0 aromatic carbocycles. The highest BCUT2D eigenvalue weighted by molar-refractivity contribution is 7.71. The Bertz CT molecular complexity index is 760. The van der Waals surface area contributed by atoms with Gasteiger partial charge in [0, 0.05) is 23.2 Å². The van der Waals surface area contributed by atoms with Crippen LogP contribution >= 0.6 is 12.2 Å². The molecule has 1 aliphatic carbocycles. The van der Waals surface area contributed by atoms with Crippen molar-refractivity contribution in [2.75, 3.05) is 0 Å². The number of aliphatic hydroxyl groups is 1. The number of aliphatic hydroxyl groups excluding tert-OH is 1. The summed E-state index contributed by atoms with van der Waals surface area (Å²) in [6.45, 7) is 1.46. The van der Waals surface area contributed by atoms with E-state index in [0.29, 0.717) is 27.5 Å². The summed E-state index contributed by atoms with van der Waals surface area (Å²) in [5.41, 5.74) is 1.42. The lowest BCUT2D eigenvalue weighted by atomic mass is 10.1. The summed E-state index contributed by atoms with van der Waals surface area (Å²) in [7, 11) is 0. The number of pyridine rings is 1. The minimum absolute atomic E-state index is 0.00767. The summed E-state index contributed by atoms with van der Waals surface area (Å²) >= 11 is 5.16. The average Bonchev–Trinajstić information content (AvgIpc) is 3.25. The van der Waals surface area contributed by atoms with Crippen LogP contribution in [0.2, 0.25) is 0 Å². The fourth-order valence-corrected chi connectivity index (χ4v) is 2.25. The lowest BCUT2D eigenvalue weighted by molar-refractivity contribution is 0.280. The van der Waals surface area contributed by atoms with Gasteiger partial charge in [-0.15, -0.1) is 0 Å². The van der Waals surface area contributed by atoms with Crippen molar-refractivity contribution in [1.82, 2.24) is 19.9 Å². The molecule has 2 aromatic rings. The molecule has 21 heavy (non-hydrogen) atoms. The lowest BCUT2D eigenvalue weighted by Crippen LogP contribution is -2.01. The Kier molecular flexibility index (Phi) is 3.56. The molecule has 2 aromatic heterocycles. The summed E-state index contributed by atoms with van der Waals surface area (Å²) < 4.78 is 1.97. The average molecular weight is 305 g/mol. The molecule has 3 rings (SSSR count). The number of hydrogen-bond donors (Lipinski definition) is 3. The monoisotopic (exact) mass is 305 g/mol. The van der Waals surface area contributed by atoms with Crippen molar-refractivity contribution in [1.29, 1.82) is 0 Å². The molecule has 0 aliphatic heterocycles. The van der Waals surface area contributed by atoms with E-state index in [-0.39, 0.29) is 12.4 Å². The Morgan fingerprint density at radius 2 is 2.33 bits per heavy atom.